The predicted octanol–water partition coefficient (Wildman–Crippen LogP) is 1.64. The molecule has 1 aliphatic rings. The molecule has 0 saturated carbocycles. The normalized spacial score (nSPS) is 21.4. The summed E-state index contributed by atoms with van der Waals surface area (Å²) in [5, 5.41) is 11.9. The molecule has 6 heteroatoms. The number of aliphatic carboxylic acids is 1. The van der Waals surface area contributed by atoms with Crippen LogP contribution in [0.1, 0.15) is 6.92 Å². The van der Waals surface area contributed by atoms with Crippen molar-refractivity contribution in [3.8, 4) is 0 Å². The van der Waals surface area contributed by atoms with E-state index in [4.69, 9.17) is 9.84 Å². The van der Waals surface area contributed by atoms with Crippen LogP contribution in [0.15, 0.2) is 30.3 Å². The lowest BCUT2D eigenvalue weighted by Gasteiger charge is -2.29. The maximum absolute atomic E-state index is 12.3. The van der Waals surface area contributed by atoms with Gasteiger partial charge in [-0.1, -0.05) is 18.2 Å². The molecule has 2 unspecified atom stereocenters. The highest BCUT2D eigenvalue weighted by atomic mass is 16.5. The molecule has 2 N–H and O–H groups in total. The molecule has 1 aliphatic heterocycles. The highest BCUT2D eigenvalue weighted by Gasteiger charge is 2.39. The van der Waals surface area contributed by atoms with Gasteiger partial charge in [-0.25, -0.2) is 4.79 Å². The monoisotopic (exact) mass is 278 g/mol. The number of hydrogen-bond acceptors (Lipinski definition) is 3. The number of carbonyl (C=O) groups excluding carboxylic acids is 1. The Morgan fingerprint density at radius 1 is 1.35 bits per heavy atom. The van der Waals surface area contributed by atoms with Crippen molar-refractivity contribution in [2.45, 2.75) is 13.0 Å². The van der Waals surface area contributed by atoms with Crippen molar-refractivity contribution in [3.63, 3.8) is 0 Å². The molecule has 1 aromatic rings. The van der Waals surface area contributed by atoms with Crippen LogP contribution in [0.5, 0.6) is 0 Å². The lowest BCUT2D eigenvalue weighted by atomic mass is 10.0. The van der Waals surface area contributed by atoms with Crippen LogP contribution >= 0.6 is 0 Å². The Hall–Kier alpha value is -2.08. The molecular formula is C14H18N2O4. The average Bonchev–Trinajstić information content (AvgIpc) is 2.90. The lowest BCUT2D eigenvalue weighted by Crippen LogP contribution is -2.48. The second kappa shape index (κ2) is 6.38. The first kappa shape index (κ1) is 14.3. The summed E-state index contributed by atoms with van der Waals surface area (Å²) in [6.07, 6.45) is 0. The summed E-state index contributed by atoms with van der Waals surface area (Å²) in [6.45, 7) is 2.65. The van der Waals surface area contributed by atoms with Crippen molar-refractivity contribution in [1.82, 2.24) is 4.90 Å². The van der Waals surface area contributed by atoms with Crippen LogP contribution in [0.3, 0.4) is 0 Å². The summed E-state index contributed by atoms with van der Waals surface area (Å²) < 4.78 is 5.21. The number of likely N-dealkylation sites (N-methyl/N-ethyl adjacent to an activating group) is 1. The van der Waals surface area contributed by atoms with Gasteiger partial charge in [-0.3, -0.25) is 4.79 Å². The first-order valence-corrected chi connectivity index (χ1v) is 6.56. The summed E-state index contributed by atoms with van der Waals surface area (Å²) in [7, 11) is 0. The zero-order chi connectivity index (χ0) is 14.5. The summed E-state index contributed by atoms with van der Waals surface area (Å²) in [6, 6.07) is 8.34. The van der Waals surface area contributed by atoms with Gasteiger partial charge in [0.25, 0.3) is 0 Å². The number of benzene rings is 1. The van der Waals surface area contributed by atoms with E-state index in [0.29, 0.717) is 12.2 Å². The minimum Gasteiger partial charge on any atom is -0.481 e. The molecule has 2 atom stereocenters. The Kier molecular flexibility index (Phi) is 4.57. The van der Waals surface area contributed by atoms with Crippen molar-refractivity contribution in [1.29, 1.82) is 0 Å². The molecule has 1 saturated heterocycles. The predicted molar refractivity (Wildman–Crippen MR) is 73.6 cm³/mol. The Morgan fingerprint density at radius 2 is 2.05 bits per heavy atom. The summed E-state index contributed by atoms with van der Waals surface area (Å²) in [5.74, 6) is -1.60. The third kappa shape index (κ3) is 3.08. The standard InChI is InChI=1S/C14H18N2O4/c1-2-16(12-9-20-8-11(12)13(17)18)14(19)15-10-6-4-3-5-7-10/h3-7,11-12H,2,8-9H2,1H3,(H,15,19)(H,17,18). The van der Waals surface area contributed by atoms with Crippen LogP contribution in [0.25, 0.3) is 0 Å². The number of amides is 2. The van der Waals surface area contributed by atoms with Crippen LogP contribution in [0, 0.1) is 5.92 Å². The first-order chi connectivity index (χ1) is 9.63. The van der Waals surface area contributed by atoms with Gasteiger partial charge in [-0.2, -0.15) is 0 Å². The second-order valence-electron chi connectivity index (χ2n) is 4.63. The van der Waals surface area contributed by atoms with Crippen LogP contribution in [-0.4, -0.2) is 47.8 Å². The molecule has 0 radical (unpaired) electrons. The van der Waals surface area contributed by atoms with Gasteiger partial charge in [-0.15, -0.1) is 0 Å². The smallest absolute Gasteiger partial charge is 0.322 e. The van der Waals surface area contributed by atoms with E-state index < -0.39 is 17.9 Å². The summed E-state index contributed by atoms with van der Waals surface area (Å²) in [4.78, 5) is 25.0. The second-order valence-corrected chi connectivity index (χ2v) is 4.63. The van der Waals surface area contributed by atoms with Gasteiger partial charge in [-0.05, 0) is 19.1 Å². The van der Waals surface area contributed by atoms with Crippen LogP contribution in [0.2, 0.25) is 0 Å². The molecule has 6 nitrogen and oxygen atoms in total. The third-order valence-corrected chi connectivity index (χ3v) is 3.39. The highest BCUT2D eigenvalue weighted by molar-refractivity contribution is 5.90. The van der Waals surface area contributed by atoms with E-state index in [1.54, 1.807) is 12.1 Å². The fourth-order valence-electron chi connectivity index (χ4n) is 2.33. The Morgan fingerprint density at radius 3 is 2.65 bits per heavy atom. The first-order valence-electron chi connectivity index (χ1n) is 6.56. The molecule has 1 aromatic carbocycles. The van der Waals surface area contributed by atoms with Gasteiger partial charge in [0.15, 0.2) is 0 Å². The molecule has 0 bridgehead atoms. The van der Waals surface area contributed by atoms with E-state index in [0.717, 1.165) is 0 Å². The van der Waals surface area contributed by atoms with Crippen LogP contribution in [-0.2, 0) is 9.53 Å². The van der Waals surface area contributed by atoms with E-state index in [-0.39, 0.29) is 19.2 Å². The number of ether oxygens (including phenoxy) is 1. The zero-order valence-electron chi connectivity index (χ0n) is 11.3. The molecule has 2 amide bonds. The number of nitrogens with zero attached hydrogens (tertiary/aromatic N) is 1. The molecule has 2 rings (SSSR count). The van der Waals surface area contributed by atoms with Gasteiger partial charge < -0.3 is 20.1 Å². The number of para-hydroxylation sites is 1. The lowest BCUT2D eigenvalue weighted by molar-refractivity contribution is -0.142. The van der Waals surface area contributed by atoms with Crippen LogP contribution < -0.4 is 5.32 Å². The maximum atomic E-state index is 12.3. The molecule has 0 aromatic heterocycles. The van der Waals surface area contributed by atoms with Gasteiger partial charge in [0.1, 0.15) is 5.92 Å². The maximum Gasteiger partial charge on any atom is 0.322 e. The van der Waals surface area contributed by atoms with Crippen LogP contribution in [0.4, 0.5) is 10.5 Å². The Labute approximate surface area is 117 Å². The number of carboxylic acid groups (broad SMARTS) is 1. The van der Waals surface area contributed by atoms with Crippen molar-refractivity contribution < 1.29 is 19.4 Å². The van der Waals surface area contributed by atoms with Crippen molar-refractivity contribution in [3.05, 3.63) is 30.3 Å². The number of rotatable bonds is 4. The SMILES string of the molecule is CCN(C(=O)Nc1ccccc1)C1COCC1C(=O)O. The number of hydrogen-bond donors (Lipinski definition) is 2. The molecule has 1 heterocycles. The molecule has 1 fully saturated rings. The minimum atomic E-state index is -0.932. The Bertz CT molecular complexity index is 477. The van der Waals surface area contributed by atoms with E-state index >= 15 is 0 Å². The Balaban J connectivity index is 2.07. The van der Waals surface area contributed by atoms with E-state index in [9.17, 15) is 9.59 Å². The fourth-order valence-corrected chi connectivity index (χ4v) is 2.33. The molecule has 108 valence electrons. The molecule has 0 aliphatic carbocycles. The van der Waals surface area contributed by atoms with E-state index in [1.807, 2.05) is 25.1 Å². The number of nitrogens with one attached hydrogen (secondary N) is 1. The molecular weight excluding hydrogens is 260 g/mol. The number of carboxylic acids is 1. The highest BCUT2D eigenvalue weighted by Crippen LogP contribution is 2.21. The summed E-state index contributed by atoms with van der Waals surface area (Å²) in [5.41, 5.74) is 0.682. The van der Waals surface area contributed by atoms with E-state index in [1.165, 1.54) is 4.90 Å². The third-order valence-electron chi connectivity index (χ3n) is 3.39. The van der Waals surface area contributed by atoms with Gasteiger partial charge in [0.2, 0.25) is 0 Å². The number of anilines is 1. The van der Waals surface area contributed by atoms with Gasteiger partial charge >= 0.3 is 12.0 Å². The summed E-state index contributed by atoms with van der Waals surface area (Å²) >= 11 is 0. The van der Waals surface area contributed by atoms with Crippen molar-refractivity contribution in [2.75, 3.05) is 25.1 Å². The minimum absolute atomic E-state index is 0.148. The topological polar surface area (TPSA) is 78.9 Å². The average molecular weight is 278 g/mol. The number of urea groups is 1. The molecule has 0 spiro atoms. The fraction of sp³-hybridized carbons (Fsp3) is 0.429. The van der Waals surface area contributed by atoms with Gasteiger partial charge in [0, 0.05) is 12.2 Å². The van der Waals surface area contributed by atoms with Gasteiger partial charge in [0.05, 0.1) is 19.3 Å². The largest absolute Gasteiger partial charge is 0.481 e. The zero-order valence-corrected chi connectivity index (χ0v) is 11.3. The van der Waals surface area contributed by atoms with Crippen molar-refractivity contribution >= 4 is 17.7 Å². The molecule has 20 heavy (non-hydrogen) atoms. The number of carbonyl (C=O) groups is 2. The van der Waals surface area contributed by atoms with Crippen molar-refractivity contribution in [2.24, 2.45) is 5.92 Å². The van der Waals surface area contributed by atoms with E-state index in [2.05, 4.69) is 5.32 Å². The quantitative estimate of drug-likeness (QED) is 0.877.